The number of hydroxylamine groups is 2. The predicted molar refractivity (Wildman–Crippen MR) is 86.6 cm³/mol. The summed E-state index contributed by atoms with van der Waals surface area (Å²) in [6.07, 6.45) is 0.833. The lowest BCUT2D eigenvalue weighted by Crippen LogP contribution is -2.32. The number of nitrogens with two attached hydrogens (primary N) is 1. The molecule has 2 amide bonds. The van der Waals surface area contributed by atoms with E-state index in [2.05, 4.69) is 0 Å². The minimum Gasteiger partial charge on any atom is -0.399 e. The van der Waals surface area contributed by atoms with E-state index in [1.165, 1.54) is 0 Å². The number of hydrogen-bond acceptors (Lipinski definition) is 5. The van der Waals surface area contributed by atoms with Crippen LogP contribution in [0.2, 0.25) is 0 Å². The normalized spacial score (nSPS) is 14.1. The van der Waals surface area contributed by atoms with Crippen LogP contribution in [0.4, 0.5) is 5.69 Å². The first-order valence-corrected chi connectivity index (χ1v) is 7.54. The summed E-state index contributed by atoms with van der Waals surface area (Å²) in [6, 6.07) is 14.4. The number of amides is 2. The van der Waals surface area contributed by atoms with Crippen molar-refractivity contribution in [1.29, 1.82) is 0 Å². The molecule has 1 aliphatic heterocycles. The van der Waals surface area contributed by atoms with Gasteiger partial charge >= 0.3 is 5.97 Å². The topological polar surface area (TPSA) is 89.7 Å². The summed E-state index contributed by atoms with van der Waals surface area (Å²) in [5, 5.41) is 0.545. The van der Waals surface area contributed by atoms with Gasteiger partial charge in [-0.15, -0.1) is 5.06 Å². The van der Waals surface area contributed by atoms with Gasteiger partial charge in [0.1, 0.15) is 0 Å². The van der Waals surface area contributed by atoms with Crippen molar-refractivity contribution < 1.29 is 19.2 Å². The first kappa shape index (κ1) is 15.7. The molecule has 0 atom stereocenters. The zero-order chi connectivity index (χ0) is 17.1. The summed E-state index contributed by atoms with van der Waals surface area (Å²) in [5.74, 6) is -1.72. The van der Waals surface area contributed by atoms with Crippen LogP contribution in [0.1, 0.15) is 34.3 Å². The molecule has 3 rings (SSSR count). The summed E-state index contributed by atoms with van der Waals surface area (Å²) in [6.45, 7) is 0. The Bertz CT molecular complexity index is 783. The molecular weight excluding hydrogens is 308 g/mol. The molecule has 2 N–H and O–H groups in total. The molecule has 122 valence electrons. The standard InChI is InChI=1S/C18H16N2O4/c19-15-3-1-2-13(11-15)10-12-4-6-14(7-5-12)18(23)24-20-16(21)8-9-17(20)22/h1-7,11H,8-10,19H2. The number of nitrogen functional groups attached to an aromatic ring is 1. The van der Waals surface area contributed by atoms with Crippen molar-refractivity contribution in [3.8, 4) is 0 Å². The molecule has 0 bridgehead atoms. The van der Waals surface area contributed by atoms with Gasteiger partial charge in [-0.2, -0.15) is 0 Å². The van der Waals surface area contributed by atoms with Gasteiger partial charge in [-0.05, 0) is 41.8 Å². The molecule has 2 aromatic carbocycles. The van der Waals surface area contributed by atoms with Crippen LogP contribution < -0.4 is 5.73 Å². The Morgan fingerprint density at radius 2 is 1.67 bits per heavy atom. The van der Waals surface area contributed by atoms with E-state index in [0.29, 0.717) is 17.2 Å². The van der Waals surface area contributed by atoms with E-state index in [9.17, 15) is 14.4 Å². The fraction of sp³-hybridized carbons (Fsp3) is 0.167. The highest BCUT2D eigenvalue weighted by molar-refractivity contribution is 6.02. The monoisotopic (exact) mass is 324 g/mol. The predicted octanol–water partition coefficient (Wildman–Crippen LogP) is 2.08. The Hall–Kier alpha value is -3.15. The van der Waals surface area contributed by atoms with Crippen LogP contribution in [0.15, 0.2) is 48.5 Å². The fourth-order valence-corrected chi connectivity index (χ4v) is 2.49. The summed E-state index contributed by atoms with van der Waals surface area (Å²) >= 11 is 0. The first-order valence-electron chi connectivity index (χ1n) is 7.54. The smallest absolute Gasteiger partial charge is 0.363 e. The lowest BCUT2D eigenvalue weighted by molar-refractivity contribution is -0.172. The van der Waals surface area contributed by atoms with Gasteiger partial charge in [0.15, 0.2) is 0 Å². The van der Waals surface area contributed by atoms with Gasteiger partial charge in [0.05, 0.1) is 5.56 Å². The summed E-state index contributed by atoms with van der Waals surface area (Å²) in [7, 11) is 0. The molecule has 24 heavy (non-hydrogen) atoms. The van der Waals surface area contributed by atoms with Crippen LogP contribution in [0.5, 0.6) is 0 Å². The number of carbonyl (C=O) groups is 3. The first-order chi connectivity index (χ1) is 11.5. The van der Waals surface area contributed by atoms with Crippen LogP contribution in [-0.2, 0) is 20.8 Å². The zero-order valence-electron chi connectivity index (χ0n) is 12.9. The Kier molecular flexibility index (Phi) is 4.29. The highest BCUT2D eigenvalue weighted by Crippen LogP contribution is 2.16. The van der Waals surface area contributed by atoms with Gasteiger partial charge in [0.25, 0.3) is 11.8 Å². The van der Waals surface area contributed by atoms with Crippen LogP contribution >= 0.6 is 0 Å². The van der Waals surface area contributed by atoms with E-state index >= 15 is 0 Å². The van der Waals surface area contributed by atoms with Crippen molar-refractivity contribution >= 4 is 23.5 Å². The molecule has 0 unspecified atom stereocenters. The van der Waals surface area contributed by atoms with Gasteiger partial charge in [-0.1, -0.05) is 24.3 Å². The van der Waals surface area contributed by atoms with E-state index in [-0.39, 0.29) is 18.4 Å². The fourth-order valence-electron chi connectivity index (χ4n) is 2.49. The van der Waals surface area contributed by atoms with Crippen molar-refractivity contribution in [3.63, 3.8) is 0 Å². The second kappa shape index (κ2) is 6.54. The van der Waals surface area contributed by atoms with E-state index in [1.807, 2.05) is 24.3 Å². The Morgan fingerprint density at radius 1 is 1.00 bits per heavy atom. The van der Waals surface area contributed by atoms with Crippen molar-refractivity contribution in [2.75, 3.05) is 5.73 Å². The highest BCUT2D eigenvalue weighted by atomic mass is 16.7. The number of rotatable bonds is 4. The lowest BCUT2D eigenvalue weighted by atomic mass is 10.0. The number of nitrogens with zero attached hydrogens (tertiary/aromatic N) is 1. The number of benzene rings is 2. The third-order valence-electron chi connectivity index (χ3n) is 3.73. The van der Waals surface area contributed by atoms with Gasteiger partial charge in [-0.3, -0.25) is 9.59 Å². The highest BCUT2D eigenvalue weighted by Gasteiger charge is 2.33. The summed E-state index contributed by atoms with van der Waals surface area (Å²) in [5.41, 5.74) is 8.81. The lowest BCUT2D eigenvalue weighted by Gasteiger charge is -2.12. The van der Waals surface area contributed by atoms with Crippen LogP contribution in [0.25, 0.3) is 0 Å². The molecule has 1 heterocycles. The Morgan fingerprint density at radius 3 is 2.29 bits per heavy atom. The molecular formula is C18H16N2O4. The molecule has 1 saturated heterocycles. The molecule has 6 nitrogen and oxygen atoms in total. The van der Waals surface area contributed by atoms with Gasteiger partial charge in [0.2, 0.25) is 0 Å². The van der Waals surface area contributed by atoms with E-state index < -0.39 is 17.8 Å². The van der Waals surface area contributed by atoms with Crippen molar-refractivity contribution in [2.24, 2.45) is 0 Å². The van der Waals surface area contributed by atoms with Crippen molar-refractivity contribution in [3.05, 3.63) is 65.2 Å². The third-order valence-corrected chi connectivity index (χ3v) is 3.73. The SMILES string of the molecule is Nc1cccc(Cc2ccc(C(=O)ON3C(=O)CCC3=O)cc2)c1. The maximum Gasteiger partial charge on any atom is 0.363 e. The van der Waals surface area contributed by atoms with Crippen LogP contribution in [0.3, 0.4) is 0 Å². The zero-order valence-corrected chi connectivity index (χ0v) is 12.9. The largest absolute Gasteiger partial charge is 0.399 e. The molecule has 0 saturated carbocycles. The number of anilines is 1. The van der Waals surface area contributed by atoms with Gasteiger partial charge in [-0.25, -0.2) is 4.79 Å². The molecule has 2 aromatic rings. The molecule has 1 fully saturated rings. The minimum atomic E-state index is -0.728. The summed E-state index contributed by atoms with van der Waals surface area (Å²) < 4.78 is 0. The molecule has 0 spiro atoms. The van der Waals surface area contributed by atoms with Crippen LogP contribution in [0, 0.1) is 0 Å². The minimum absolute atomic E-state index is 0.0747. The van der Waals surface area contributed by atoms with E-state index in [0.717, 1.165) is 11.1 Å². The second-order valence-electron chi connectivity index (χ2n) is 5.58. The molecule has 0 aliphatic carbocycles. The van der Waals surface area contributed by atoms with E-state index in [4.69, 9.17) is 10.6 Å². The number of hydrogen-bond donors (Lipinski definition) is 1. The van der Waals surface area contributed by atoms with Crippen molar-refractivity contribution in [1.82, 2.24) is 5.06 Å². The number of imide groups is 1. The molecule has 6 heteroatoms. The maximum atomic E-state index is 12.0. The molecule has 0 aromatic heterocycles. The Labute approximate surface area is 138 Å². The quantitative estimate of drug-likeness (QED) is 0.687. The van der Waals surface area contributed by atoms with Crippen LogP contribution in [-0.4, -0.2) is 22.8 Å². The van der Waals surface area contributed by atoms with Gasteiger partial charge in [0, 0.05) is 18.5 Å². The average molecular weight is 324 g/mol. The number of carbonyl (C=O) groups excluding carboxylic acids is 3. The summed E-state index contributed by atoms with van der Waals surface area (Å²) in [4.78, 5) is 39.8. The average Bonchev–Trinajstić information content (AvgIpc) is 2.87. The van der Waals surface area contributed by atoms with E-state index in [1.54, 1.807) is 24.3 Å². The van der Waals surface area contributed by atoms with Gasteiger partial charge < -0.3 is 10.6 Å². The van der Waals surface area contributed by atoms with Crippen molar-refractivity contribution in [2.45, 2.75) is 19.3 Å². The molecule has 0 radical (unpaired) electrons. The second-order valence-corrected chi connectivity index (χ2v) is 5.58. The Balaban J connectivity index is 1.66. The maximum absolute atomic E-state index is 12.0. The third kappa shape index (κ3) is 3.43. The molecule has 1 aliphatic rings.